The van der Waals surface area contributed by atoms with Gasteiger partial charge >= 0.3 is 0 Å². The summed E-state index contributed by atoms with van der Waals surface area (Å²) in [4.78, 5) is 36.6. The van der Waals surface area contributed by atoms with E-state index in [0.717, 1.165) is 4.90 Å². The molecular weight excluding hydrogens is 374 g/mol. The van der Waals surface area contributed by atoms with Crippen molar-refractivity contribution in [3.63, 3.8) is 0 Å². The number of carbonyl (C=O) groups is 3. The fourth-order valence-electron chi connectivity index (χ4n) is 2.36. The molecule has 3 N–H and O–H groups in total. The fraction of sp³-hybridized carbons (Fsp3) is 0.286. The first kappa shape index (κ1) is 21.5. The van der Waals surface area contributed by atoms with Gasteiger partial charge in [0, 0.05) is 24.1 Å². The van der Waals surface area contributed by atoms with Crippen LogP contribution in [0, 0.1) is 5.92 Å². The molecule has 3 amide bonds. The van der Waals surface area contributed by atoms with Crippen molar-refractivity contribution in [3.05, 3.63) is 54.1 Å². The third-order valence-corrected chi connectivity index (χ3v) is 4.67. The fourth-order valence-corrected chi connectivity index (χ4v) is 3.05. The molecule has 0 heterocycles. The Hall–Kier alpha value is -2.80. The maximum absolute atomic E-state index is 12.3. The number of thioether (sulfide) groups is 1. The molecule has 2 rings (SSSR count). The van der Waals surface area contributed by atoms with Crippen molar-refractivity contribution in [1.29, 1.82) is 0 Å². The summed E-state index contributed by atoms with van der Waals surface area (Å²) >= 11 is 1.38. The van der Waals surface area contributed by atoms with Gasteiger partial charge in [-0.25, -0.2) is 0 Å². The molecule has 0 aliphatic rings. The Morgan fingerprint density at radius 3 is 2.29 bits per heavy atom. The van der Waals surface area contributed by atoms with Gasteiger partial charge in [-0.2, -0.15) is 0 Å². The molecule has 0 aromatic heterocycles. The highest BCUT2D eigenvalue weighted by Crippen LogP contribution is 2.21. The Kier molecular flexibility index (Phi) is 8.07. The van der Waals surface area contributed by atoms with E-state index in [4.69, 9.17) is 0 Å². The average Bonchev–Trinajstić information content (AvgIpc) is 2.65. The Morgan fingerprint density at radius 1 is 0.964 bits per heavy atom. The third-order valence-electron chi connectivity index (χ3n) is 3.66. The van der Waals surface area contributed by atoms with Gasteiger partial charge in [-0.05, 0) is 42.3 Å². The second-order valence-corrected chi connectivity index (χ2v) is 7.74. The van der Waals surface area contributed by atoms with E-state index in [0.29, 0.717) is 29.4 Å². The third kappa shape index (κ3) is 7.08. The van der Waals surface area contributed by atoms with Gasteiger partial charge in [-0.15, -0.1) is 11.8 Å². The van der Waals surface area contributed by atoms with Gasteiger partial charge in [0.15, 0.2) is 0 Å². The van der Waals surface area contributed by atoms with Crippen molar-refractivity contribution >= 4 is 40.9 Å². The molecule has 0 spiro atoms. The first-order valence-corrected chi connectivity index (χ1v) is 10.0. The molecule has 0 atom stereocenters. The minimum Gasteiger partial charge on any atom is -0.352 e. The van der Waals surface area contributed by atoms with Crippen LogP contribution in [-0.4, -0.2) is 30.0 Å². The van der Waals surface area contributed by atoms with E-state index in [-0.39, 0.29) is 23.5 Å². The van der Waals surface area contributed by atoms with Gasteiger partial charge < -0.3 is 16.0 Å². The van der Waals surface area contributed by atoms with Gasteiger partial charge in [0.05, 0.1) is 17.0 Å². The molecule has 2 aromatic carbocycles. The SMILES string of the molecule is CC(=O)Nc1ccc(SCC(=O)Nc2ccccc2C(=O)NCC(C)C)cc1. The summed E-state index contributed by atoms with van der Waals surface area (Å²) in [5.74, 6) is 0.0300. The van der Waals surface area contributed by atoms with E-state index in [9.17, 15) is 14.4 Å². The van der Waals surface area contributed by atoms with Crippen LogP contribution >= 0.6 is 11.8 Å². The average molecular weight is 400 g/mol. The monoisotopic (exact) mass is 399 g/mol. The standard InChI is InChI=1S/C21H25N3O3S/c1-14(2)12-22-21(27)18-6-4-5-7-19(18)24-20(26)13-28-17-10-8-16(9-11-17)23-15(3)25/h4-11,14H,12-13H2,1-3H3,(H,22,27)(H,23,25)(H,24,26). The summed E-state index contributed by atoms with van der Waals surface area (Å²) in [6.45, 7) is 6.07. The normalized spacial score (nSPS) is 10.4. The number of hydrogen-bond acceptors (Lipinski definition) is 4. The number of hydrogen-bond donors (Lipinski definition) is 3. The van der Waals surface area contributed by atoms with Crippen LogP contribution in [0.5, 0.6) is 0 Å². The molecule has 6 nitrogen and oxygen atoms in total. The van der Waals surface area contributed by atoms with Crippen LogP contribution in [0.3, 0.4) is 0 Å². The van der Waals surface area contributed by atoms with Gasteiger partial charge in [0.2, 0.25) is 11.8 Å². The van der Waals surface area contributed by atoms with Crippen LogP contribution in [0.1, 0.15) is 31.1 Å². The summed E-state index contributed by atoms with van der Waals surface area (Å²) in [5.41, 5.74) is 1.65. The number of rotatable bonds is 8. The van der Waals surface area contributed by atoms with Crippen LogP contribution in [0.2, 0.25) is 0 Å². The second-order valence-electron chi connectivity index (χ2n) is 6.69. The van der Waals surface area contributed by atoms with Crippen molar-refractivity contribution in [2.24, 2.45) is 5.92 Å². The minimum absolute atomic E-state index is 0.129. The summed E-state index contributed by atoms with van der Waals surface area (Å²) in [5, 5.41) is 8.37. The molecule has 0 aliphatic carbocycles. The summed E-state index contributed by atoms with van der Waals surface area (Å²) < 4.78 is 0. The molecule has 7 heteroatoms. The zero-order valence-electron chi connectivity index (χ0n) is 16.2. The van der Waals surface area contributed by atoms with E-state index in [1.54, 1.807) is 36.4 Å². The van der Waals surface area contributed by atoms with Crippen LogP contribution in [-0.2, 0) is 9.59 Å². The predicted octanol–water partition coefficient (Wildman–Crippen LogP) is 3.76. The van der Waals surface area contributed by atoms with E-state index in [2.05, 4.69) is 16.0 Å². The lowest BCUT2D eigenvalue weighted by atomic mass is 10.1. The zero-order chi connectivity index (χ0) is 20.5. The van der Waals surface area contributed by atoms with Gasteiger partial charge in [-0.1, -0.05) is 26.0 Å². The Balaban J connectivity index is 1.92. The summed E-state index contributed by atoms with van der Waals surface area (Å²) in [7, 11) is 0. The van der Waals surface area contributed by atoms with Crippen molar-refractivity contribution in [2.45, 2.75) is 25.7 Å². The molecule has 2 aromatic rings. The summed E-state index contributed by atoms with van der Waals surface area (Å²) in [6.07, 6.45) is 0. The molecular formula is C21H25N3O3S. The molecule has 28 heavy (non-hydrogen) atoms. The second kappa shape index (κ2) is 10.5. The zero-order valence-corrected chi connectivity index (χ0v) is 17.1. The van der Waals surface area contributed by atoms with Gasteiger partial charge in [-0.3, -0.25) is 14.4 Å². The van der Waals surface area contributed by atoms with E-state index >= 15 is 0 Å². The Morgan fingerprint density at radius 2 is 1.64 bits per heavy atom. The first-order valence-electron chi connectivity index (χ1n) is 9.02. The topological polar surface area (TPSA) is 87.3 Å². The highest BCUT2D eigenvalue weighted by molar-refractivity contribution is 8.00. The van der Waals surface area contributed by atoms with Crippen molar-refractivity contribution in [1.82, 2.24) is 5.32 Å². The Labute approximate surface area is 169 Å². The summed E-state index contributed by atoms with van der Waals surface area (Å²) in [6, 6.07) is 14.2. The number of para-hydroxylation sites is 1. The largest absolute Gasteiger partial charge is 0.352 e. The molecule has 0 saturated heterocycles. The van der Waals surface area contributed by atoms with E-state index < -0.39 is 0 Å². The maximum atomic E-state index is 12.3. The molecule has 0 radical (unpaired) electrons. The number of carbonyl (C=O) groups excluding carboxylic acids is 3. The molecule has 0 fully saturated rings. The van der Waals surface area contributed by atoms with Gasteiger partial charge in [0.25, 0.3) is 5.91 Å². The predicted molar refractivity (Wildman–Crippen MR) is 114 cm³/mol. The number of benzene rings is 2. The number of anilines is 2. The molecule has 148 valence electrons. The van der Waals surface area contributed by atoms with Crippen LogP contribution < -0.4 is 16.0 Å². The van der Waals surface area contributed by atoms with Crippen molar-refractivity contribution in [2.75, 3.05) is 22.9 Å². The Bertz CT molecular complexity index is 835. The smallest absolute Gasteiger partial charge is 0.253 e. The quantitative estimate of drug-likeness (QED) is 0.590. The van der Waals surface area contributed by atoms with Crippen LogP contribution in [0.15, 0.2) is 53.4 Å². The lowest BCUT2D eigenvalue weighted by molar-refractivity contribution is -0.114. The van der Waals surface area contributed by atoms with Crippen molar-refractivity contribution in [3.8, 4) is 0 Å². The van der Waals surface area contributed by atoms with E-state index in [1.165, 1.54) is 18.7 Å². The van der Waals surface area contributed by atoms with Crippen molar-refractivity contribution < 1.29 is 14.4 Å². The maximum Gasteiger partial charge on any atom is 0.253 e. The van der Waals surface area contributed by atoms with E-state index in [1.807, 2.05) is 26.0 Å². The van der Waals surface area contributed by atoms with Crippen LogP contribution in [0.4, 0.5) is 11.4 Å². The molecule has 0 saturated carbocycles. The highest BCUT2D eigenvalue weighted by atomic mass is 32.2. The number of amides is 3. The number of nitrogens with one attached hydrogen (secondary N) is 3. The first-order chi connectivity index (χ1) is 13.3. The van der Waals surface area contributed by atoms with Gasteiger partial charge in [0.1, 0.15) is 0 Å². The molecule has 0 aliphatic heterocycles. The minimum atomic E-state index is -0.203. The highest BCUT2D eigenvalue weighted by Gasteiger charge is 2.13. The molecule has 0 unspecified atom stereocenters. The molecule has 0 bridgehead atoms. The van der Waals surface area contributed by atoms with Crippen LogP contribution in [0.25, 0.3) is 0 Å². The lowest BCUT2D eigenvalue weighted by Crippen LogP contribution is -2.28. The lowest BCUT2D eigenvalue weighted by Gasteiger charge is -2.12.